The zero-order valence-corrected chi connectivity index (χ0v) is 11.2. The summed E-state index contributed by atoms with van der Waals surface area (Å²) in [6, 6.07) is 13.3. The Labute approximate surface area is 120 Å². The molecule has 2 atom stereocenters. The molecule has 1 aromatic heterocycles. The number of rotatable bonds is 2. The van der Waals surface area contributed by atoms with E-state index in [-0.39, 0.29) is 12.0 Å². The number of nitrogens with one attached hydrogen (secondary N) is 1. The van der Waals surface area contributed by atoms with Gasteiger partial charge in [0, 0.05) is 17.5 Å². The lowest BCUT2D eigenvalue weighted by Crippen LogP contribution is -2.20. The summed E-state index contributed by atoms with van der Waals surface area (Å²) in [6.07, 6.45) is 0. The average molecular weight is 282 g/mol. The van der Waals surface area contributed by atoms with E-state index < -0.39 is 5.76 Å². The molecule has 4 rings (SSSR count). The minimum absolute atomic E-state index is 0.101. The van der Waals surface area contributed by atoms with Crippen LogP contribution in [-0.2, 0) is 0 Å². The Bertz CT molecular complexity index is 865. The Morgan fingerprint density at radius 1 is 1.24 bits per heavy atom. The third-order valence-corrected chi connectivity index (χ3v) is 4.00. The van der Waals surface area contributed by atoms with Gasteiger partial charge in [-0.05, 0) is 23.8 Å². The maximum absolute atomic E-state index is 11.2. The summed E-state index contributed by atoms with van der Waals surface area (Å²) in [7, 11) is 0. The summed E-state index contributed by atoms with van der Waals surface area (Å²) in [4.78, 5) is 13.8. The van der Waals surface area contributed by atoms with Crippen molar-refractivity contribution in [3.63, 3.8) is 0 Å². The monoisotopic (exact) mass is 282 g/mol. The van der Waals surface area contributed by atoms with Crippen molar-refractivity contribution in [3.8, 4) is 5.75 Å². The molecule has 1 aliphatic heterocycles. The summed E-state index contributed by atoms with van der Waals surface area (Å²) < 4.78 is 10.8. The van der Waals surface area contributed by atoms with Gasteiger partial charge in [-0.15, -0.1) is 0 Å². The molecule has 0 radical (unpaired) electrons. The van der Waals surface area contributed by atoms with Gasteiger partial charge in [-0.25, -0.2) is 4.79 Å². The lowest BCUT2D eigenvalue weighted by molar-refractivity contribution is 0.315. The molecule has 1 aliphatic rings. The van der Waals surface area contributed by atoms with Crippen LogP contribution in [0, 0.1) is 0 Å². The number of aromatic nitrogens is 1. The van der Waals surface area contributed by atoms with Crippen LogP contribution < -0.4 is 16.2 Å². The smallest absolute Gasteiger partial charge is 0.417 e. The quantitative estimate of drug-likeness (QED) is 0.755. The highest BCUT2D eigenvalue weighted by Gasteiger charge is 2.30. The molecule has 0 aliphatic carbocycles. The fourth-order valence-electron chi connectivity index (χ4n) is 2.89. The van der Waals surface area contributed by atoms with E-state index in [1.165, 1.54) is 0 Å². The molecular weight excluding hydrogens is 268 g/mol. The predicted molar refractivity (Wildman–Crippen MR) is 78.4 cm³/mol. The number of nitrogens with two attached hydrogens (primary N) is 1. The van der Waals surface area contributed by atoms with Crippen LogP contribution in [0.3, 0.4) is 0 Å². The Morgan fingerprint density at radius 3 is 3.00 bits per heavy atom. The fourth-order valence-corrected chi connectivity index (χ4v) is 2.89. The maximum atomic E-state index is 11.2. The Morgan fingerprint density at radius 2 is 2.10 bits per heavy atom. The van der Waals surface area contributed by atoms with E-state index >= 15 is 0 Å². The lowest BCUT2D eigenvalue weighted by atomic mass is 9.89. The first-order chi connectivity index (χ1) is 10.2. The van der Waals surface area contributed by atoms with E-state index in [0.717, 1.165) is 16.9 Å². The van der Waals surface area contributed by atoms with Crippen LogP contribution in [0.1, 0.15) is 23.1 Å². The molecule has 5 nitrogen and oxygen atoms in total. The van der Waals surface area contributed by atoms with Crippen molar-refractivity contribution in [1.29, 1.82) is 0 Å². The van der Waals surface area contributed by atoms with Gasteiger partial charge in [0.25, 0.3) is 0 Å². The largest absolute Gasteiger partial charge is 0.493 e. The van der Waals surface area contributed by atoms with E-state index in [9.17, 15) is 4.79 Å². The fraction of sp³-hybridized carbons (Fsp3) is 0.188. The van der Waals surface area contributed by atoms with Gasteiger partial charge in [0.2, 0.25) is 0 Å². The molecule has 3 aromatic rings. The van der Waals surface area contributed by atoms with Crippen molar-refractivity contribution in [2.24, 2.45) is 5.73 Å². The molecule has 2 heterocycles. The van der Waals surface area contributed by atoms with Crippen molar-refractivity contribution in [2.45, 2.75) is 12.0 Å². The van der Waals surface area contributed by atoms with E-state index in [4.69, 9.17) is 14.9 Å². The van der Waals surface area contributed by atoms with Gasteiger partial charge in [-0.2, -0.15) is 0 Å². The van der Waals surface area contributed by atoms with Gasteiger partial charge in [-0.1, -0.05) is 24.3 Å². The number of para-hydroxylation sites is 1. The molecule has 0 saturated carbocycles. The van der Waals surface area contributed by atoms with Crippen LogP contribution in [0.5, 0.6) is 5.75 Å². The second-order valence-electron chi connectivity index (χ2n) is 5.25. The first-order valence-electron chi connectivity index (χ1n) is 6.82. The third kappa shape index (κ3) is 1.94. The molecule has 5 heteroatoms. The minimum Gasteiger partial charge on any atom is -0.493 e. The number of oxazole rings is 1. The molecule has 0 amide bonds. The minimum atomic E-state index is -0.453. The predicted octanol–water partition coefficient (Wildman–Crippen LogP) is 2.30. The number of hydrogen-bond donors (Lipinski definition) is 2. The van der Waals surface area contributed by atoms with Crippen LogP contribution >= 0.6 is 0 Å². The molecule has 106 valence electrons. The second-order valence-corrected chi connectivity index (χ2v) is 5.25. The van der Waals surface area contributed by atoms with Crippen molar-refractivity contribution >= 4 is 11.1 Å². The first kappa shape index (κ1) is 12.2. The van der Waals surface area contributed by atoms with Gasteiger partial charge in [0.05, 0.1) is 12.1 Å². The zero-order valence-electron chi connectivity index (χ0n) is 11.2. The van der Waals surface area contributed by atoms with Crippen LogP contribution in [-0.4, -0.2) is 11.6 Å². The Balaban J connectivity index is 1.73. The number of ether oxygens (including phenoxy) is 1. The van der Waals surface area contributed by atoms with Gasteiger partial charge < -0.3 is 14.9 Å². The molecule has 0 saturated heterocycles. The molecule has 2 aromatic carbocycles. The van der Waals surface area contributed by atoms with Crippen LogP contribution in [0.15, 0.2) is 51.7 Å². The van der Waals surface area contributed by atoms with E-state index in [1.54, 1.807) is 0 Å². The van der Waals surface area contributed by atoms with Crippen molar-refractivity contribution in [2.75, 3.05) is 6.61 Å². The summed E-state index contributed by atoms with van der Waals surface area (Å²) in [5.41, 5.74) is 9.66. The molecule has 0 spiro atoms. The number of fused-ring (bicyclic) bond motifs is 2. The second kappa shape index (κ2) is 4.49. The SMILES string of the molecule is NC(c1ccc2[nH]c(=O)oc2c1)C1COc2ccccc21. The highest BCUT2D eigenvalue weighted by atomic mass is 16.5. The number of aromatic amines is 1. The molecular formula is C16H14N2O3. The Kier molecular flexibility index (Phi) is 2.62. The lowest BCUT2D eigenvalue weighted by Gasteiger charge is -2.18. The molecule has 2 unspecified atom stereocenters. The number of H-pyrrole nitrogens is 1. The van der Waals surface area contributed by atoms with Crippen molar-refractivity contribution < 1.29 is 9.15 Å². The van der Waals surface area contributed by atoms with E-state index in [1.807, 2.05) is 42.5 Å². The first-order valence-corrected chi connectivity index (χ1v) is 6.82. The van der Waals surface area contributed by atoms with Crippen molar-refractivity contribution in [1.82, 2.24) is 4.98 Å². The Hall–Kier alpha value is -2.53. The number of benzene rings is 2. The highest BCUT2D eigenvalue weighted by molar-refractivity contribution is 5.73. The third-order valence-electron chi connectivity index (χ3n) is 4.00. The summed E-state index contributed by atoms with van der Waals surface area (Å²) in [5, 5.41) is 0. The van der Waals surface area contributed by atoms with Gasteiger partial charge in [-0.3, -0.25) is 4.98 Å². The molecule has 21 heavy (non-hydrogen) atoms. The van der Waals surface area contributed by atoms with Gasteiger partial charge in [0.1, 0.15) is 5.75 Å². The molecule has 0 fully saturated rings. The summed E-state index contributed by atoms with van der Waals surface area (Å²) in [6.45, 7) is 0.565. The molecule has 0 bridgehead atoms. The highest BCUT2D eigenvalue weighted by Crippen LogP contribution is 2.40. The van der Waals surface area contributed by atoms with Gasteiger partial charge >= 0.3 is 5.76 Å². The molecule has 3 N–H and O–H groups in total. The van der Waals surface area contributed by atoms with Crippen LogP contribution in [0.2, 0.25) is 0 Å². The zero-order chi connectivity index (χ0) is 14.4. The number of hydrogen-bond acceptors (Lipinski definition) is 4. The van der Waals surface area contributed by atoms with E-state index in [0.29, 0.717) is 17.7 Å². The average Bonchev–Trinajstić information content (AvgIpc) is 3.07. The standard InChI is InChI=1S/C16H14N2O3/c17-15(11-8-20-13-4-2-1-3-10(11)13)9-5-6-12-14(7-9)21-16(19)18-12/h1-7,11,15H,8,17H2,(H,18,19). The van der Waals surface area contributed by atoms with Gasteiger partial charge in [0.15, 0.2) is 5.58 Å². The summed E-state index contributed by atoms with van der Waals surface area (Å²) >= 11 is 0. The topological polar surface area (TPSA) is 81.3 Å². The summed E-state index contributed by atoms with van der Waals surface area (Å²) in [5.74, 6) is 0.543. The van der Waals surface area contributed by atoms with Crippen LogP contribution in [0.25, 0.3) is 11.1 Å². The van der Waals surface area contributed by atoms with Crippen LogP contribution in [0.4, 0.5) is 0 Å². The normalized spacial score (nSPS) is 18.4. The van der Waals surface area contributed by atoms with Crippen molar-refractivity contribution in [3.05, 3.63) is 64.1 Å². The van der Waals surface area contributed by atoms with E-state index in [2.05, 4.69) is 4.98 Å². The maximum Gasteiger partial charge on any atom is 0.417 e.